The molecule has 138 valence electrons. The van der Waals surface area contributed by atoms with Gasteiger partial charge in [-0.2, -0.15) is 5.10 Å². The van der Waals surface area contributed by atoms with Crippen molar-refractivity contribution in [3.8, 4) is 5.75 Å². The van der Waals surface area contributed by atoms with Gasteiger partial charge in [0, 0.05) is 6.42 Å². The van der Waals surface area contributed by atoms with Crippen molar-refractivity contribution in [2.45, 2.75) is 33.6 Å². The fraction of sp³-hybridized carbons (Fsp3) is 0.350. The average Bonchev–Trinajstić information content (AvgIpc) is 2.63. The summed E-state index contributed by atoms with van der Waals surface area (Å²) >= 11 is 0. The zero-order chi connectivity index (χ0) is 19.2. The molecule has 0 fully saturated rings. The second kappa shape index (κ2) is 8.47. The molecule has 0 saturated carbocycles. The molecular formula is C20H25N3O3. The van der Waals surface area contributed by atoms with Crippen LogP contribution in [0.15, 0.2) is 47.6 Å². The van der Waals surface area contributed by atoms with Gasteiger partial charge in [-0.25, -0.2) is 0 Å². The number of nitrogens with zero attached hydrogens (tertiary/aromatic N) is 1. The average molecular weight is 355 g/mol. The van der Waals surface area contributed by atoms with Crippen molar-refractivity contribution in [2.24, 2.45) is 10.5 Å². The zero-order valence-corrected chi connectivity index (χ0v) is 15.4. The molecule has 0 atom stereocenters. The smallest absolute Gasteiger partial charge is 0.311 e. The van der Waals surface area contributed by atoms with Crippen LogP contribution in [0.5, 0.6) is 5.75 Å². The third-order valence-corrected chi connectivity index (χ3v) is 4.32. The molecule has 1 aromatic rings. The van der Waals surface area contributed by atoms with Crippen LogP contribution in [0.3, 0.4) is 0 Å². The Hall–Kier alpha value is -2.89. The maximum atomic E-state index is 12.0. The number of esters is 1. The number of phenols is 1. The van der Waals surface area contributed by atoms with Crippen LogP contribution in [0, 0.1) is 10.8 Å². The maximum absolute atomic E-state index is 12.0. The largest absolute Gasteiger partial charge is 0.506 e. The molecule has 0 aromatic heterocycles. The Kier molecular flexibility index (Phi) is 6.33. The number of allylic oxidation sites excluding steroid dienone is 4. The molecular weight excluding hydrogens is 330 g/mol. The SMILES string of the molecule is CCC(C)(C)C(=O)OCCc1ccc(O)c(N/N=C2/C=CC=CC2=N)c1. The maximum Gasteiger partial charge on any atom is 0.311 e. The number of hydrogen-bond acceptors (Lipinski definition) is 6. The van der Waals surface area contributed by atoms with Crippen molar-refractivity contribution >= 4 is 23.1 Å². The molecule has 0 saturated heterocycles. The predicted molar refractivity (Wildman–Crippen MR) is 104 cm³/mol. The lowest BCUT2D eigenvalue weighted by Gasteiger charge is -2.20. The highest BCUT2D eigenvalue weighted by atomic mass is 16.5. The molecule has 1 aromatic carbocycles. The summed E-state index contributed by atoms with van der Waals surface area (Å²) < 4.78 is 5.35. The van der Waals surface area contributed by atoms with Gasteiger partial charge in [0.25, 0.3) is 0 Å². The number of hydrazone groups is 1. The Morgan fingerprint density at radius 1 is 1.31 bits per heavy atom. The van der Waals surface area contributed by atoms with Gasteiger partial charge in [0.15, 0.2) is 0 Å². The number of anilines is 1. The molecule has 0 amide bonds. The van der Waals surface area contributed by atoms with E-state index in [-0.39, 0.29) is 18.3 Å². The van der Waals surface area contributed by atoms with E-state index >= 15 is 0 Å². The van der Waals surface area contributed by atoms with Crippen LogP contribution in [0.2, 0.25) is 0 Å². The van der Waals surface area contributed by atoms with Gasteiger partial charge in [0.2, 0.25) is 0 Å². The molecule has 0 spiro atoms. The molecule has 0 heterocycles. The number of carbonyl (C=O) groups excluding carboxylic acids is 1. The fourth-order valence-electron chi connectivity index (χ4n) is 2.12. The van der Waals surface area contributed by atoms with Gasteiger partial charge in [-0.05, 0) is 50.1 Å². The van der Waals surface area contributed by atoms with E-state index in [0.717, 1.165) is 12.0 Å². The van der Waals surface area contributed by atoms with Gasteiger partial charge in [-0.15, -0.1) is 0 Å². The number of benzene rings is 1. The third-order valence-electron chi connectivity index (χ3n) is 4.32. The van der Waals surface area contributed by atoms with Crippen LogP contribution >= 0.6 is 0 Å². The summed E-state index contributed by atoms with van der Waals surface area (Å²) in [6, 6.07) is 5.10. The second-order valence-corrected chi connectivity index (χ2v) is 6.72. The first-order chi connectivity index (χ1) is 12.3. The topological polar surface area (TPSA) is 94.8 Å². The molecule has 1 aliphatic rings. The van der Waals surface area contributed by atoms with E-state index in [1.807, 2.05) is 20.8 Å². The Labute approximate surface area is 153 Å². The Morgan fingerprint density at radius 2 is 2.04 bits per heavy atom. The molecule has 6 nitrogen and oxygen atoms in total. The number of nitrogens with one attached hydrogen (secondary N) is 2. The number of ether oxygens (including phenoxy) is 1. The third kappa shape index (κ3) is 5.05. The van der Waals surface area contributed by atoms with Crippen molar-refractivity contribution in [1.82, 2.24) is 0 Å². The van der Waals surface area contributed by atoms with Gasteiger partial charge in [-0.3, -0.25) is 15.6 Å². The Bertz CT molecular complexity index is 777. The summed E-state index contributed by atoms with van der Waals surface area (Å²) in [5, 5.41) is 21.9. The highest BCUT2D eigenvalue weighted by Crippen LogP contribution is 2.25. The minimum atomic E-state index is -0.482. The first-order valence-corrected chi connectivity index (χ1v) is 8.60. The summed E-state index contributed by atoms with van der Waals surface area (Å²) in [4.78, 5) is 12.0. The van der Waals surface area contributed by atoms with Crippen LogP contribution < -0.4 is 5.43 Å². The molecule has 0 unspecified atom stereocenters. The second-order valence-electron chi connectivity index (χ2n) is 6.72. The van der Waals surface area contributed by atoms with Gasteiger partial charge < -0.3 is 9.84 Å². The van der Waals surface area contributed by atoms with Gasteiger partial charge >= 0.3 is 5.97 Å². The van der Waals surface area contributed by atoms with Crippen molar-refractivity contribution in [1.29, 1.82) is 5.41 Å². The monoisotopic (exact) mass is 355 g/mol. The quantitative estimate of drug-likeness (QED) is 0.300. The fourth-order valence-corrected chi connectivity index (χ4v) is 2.12. The van der Waals surface area contributed by atoms with E-state index in [1.165, 1.54) is 0 Å². The zero-order valence-electron chi connectivity index (χ0n) is 15.4. The van der Waals surface area contributed by atoms with Crippen LogP contribution in [0.25, 0.3) is 0 Å². The molecule has 26 heavy (non-hydrogen) atoms. The highest BCUT2D eigenvalue weighted by molar-refractivity contribution is 6.50. The predicted octanol–water partition coefficient (Wildman–Crippen LogP) is 3.83. The number of hydrogen-bond donors (Lipinski definition) is 3. The number of aromatic hydroxyl groups is 1. The van der Waals surface area contributed by atoms with Gasteiger partial charge in [-0.1, -0.05) is 25.1 Å². The number of phenolic OH excluding ortho intramolecular Hbond substituents is 1. The lowest BCUT2D eigenvalue weighted by molar-refractivity contribution is -0.154. The van der Waals surface area contributed by atoms with Crippen LogP contribution in [-0.2, 0) is 16.0 Å². The minimum absolute atomic E-state index is 0.0593. The molecule has 2 rings (SSSR count). The molecule has 0 aliphatic heterocycles. The summed E-state index contributed by atoms with van der Waals surface area (Å²) in [7, 11) is 0. The minimum Gasteiger partial charge on any atom is -0.506 e. The normalized spacial score (nSPS) is 15.3. The lowest BCUT2D eigenvalue weighted by atomic mass is 9.91. The molecule has 3 N–H and O–H groups in total. The number of rotatable bonds is 7. The molecule has 1 aliphatic carbocycles. The van der Waals surface area contributed by atoms with Gasteiger partial charge in [0.05, 0.1) is 23.4 Å². The summed E-state index contributed by atoms with van der Waals surface area (Å²) in [5.41, 5.74) is 4.42. The molecule has 0 bridgehead atoms. The van der Waals surface area contributed by atoms with Crippen LogP contribution in [0.4, 0.5) is 5.69 Å². The highest BCUT2D eigenvalue weighted by Gasteiger charge is 2.26. The molecule has 6 heteroatoms. The van der Waals surface area contributed by atoms with E-state index in [0.29, 0.717) is 23.5 Å². The van der Waals surface area contributed by atoms with Crippen molar-refractivity contribution < 1.29 is 14.6 Å². The van der Waals surface area contributed by atoms with Gasteiger partial charge in [0.1, 0.15) is 11.5 Å². The summed E-state index contributed by atoms with van der Waals surface area (Å²) in [5.74, 6) is -0.150. The van der Waals surface area contributed by atoms with Crippen molar-refractivity contribution in [3.63, 3.8) is 0 Å². The van der Waals surface area contributed by atoms with E-state index < -0.39 is 5.41 Å². The van der Waals surface area contributed by atoms with E-state index in [9.17, 15) is 9.90 Å². The molecule has 0 radical (unpaired) electrons. The van der Waals surface area contributed by atoms with E-state index in [2.05, 4.69) is 10.5 Å². The number of carbonyl (C=O) groups is 1. The van der Waals surface area contributed by atoms with E-state index in [1.54, 1.807) is 42.5 Å². The summed E-state index contributed by atoms with van der Waals surface area (Å²) in [6.45, 7) is 5.96. The van der Waals surface area contributed by atoms with Crippen LogP contribution in [-0.4, -0.2) is 29.1 Å². The van der Waals surface area contributed by atoms with Crippen LogP contribution in [0.1, 0.15) is 32.8 Å². The Morgan fingerprint density at radius 3 is 2.73 bits per heavy atom. The van der Waals surface area contributed by atoms with Crippen molar-refractivity contribution in [3.05, 3.63) is 48.1 Å². The Balaban J connectivity index is 1.98. The van der Waals surface area contributed by atoms with E-state index in [4.69, 9.17) is 10.1 Å². The first kappa shape index (κ1) is 19.4. The van der Waals surface area contributed by atoms with Crippen molar-refractivity contribution in [2.75, 3.05) is 12.0 Å². The first-order valence-electron chi connectivity index (χ1n) is 8.60. The lowest BCUT2D eigenvalue weighted by Crippen LogP contribution is -2.26. The summed E-state index contributed by atoms with van der Waals surface area (Å²) in [6.07, 6.45) is 8.17. The standard InChI is InChI=1S/C20H25N3O3/c1-4-20(2,3)19(25)26-12-11-14-9-10-18(24)17(13-14)23-22-16-8-6-5-7-15(16)21/h5-10,13,21,23-24H,4,11-12H2,1-3H3/b21-15?,22-16-.